The van der Waals surface area contributed by atoms with Crippen LogP contribution in [0.4, 0.5) is 0 Å². The van der Waals surface area contributed by atoms with Gasteiger partial charge in [-0.25, -0.2) is 8.37 Å². The molecule has 0 aromatic heterocycles. The second kappa shape index (κ2) is 8.78. The van der Waals surface area contributed by atoms with Crippen LogP contribution in [0.2, 0.25) is 0 Å². The first-order valence-corrected chi connectivity index (χ1v) is 9.63. The molecule has 0 aromatic rings. The molecule has 1 fully saturated rings. The van der Waals surface area contributed by atoms with E-state index in [1.807, 2.05) is 27.7 Å². The summed E-state index contributed by atoms with van der Waals surface area (Å²) in [6.07, 6.45) is 0.947. The lowest BCUT2D eigenvalue weighted by Gasteiger charge is -2.28. The second-order valence-corrected chi connectivity index (χ2v) is 8.22. The van der Waals surface area contributed by atoms with E-state index in [4.69, 9.17) is 0 Å². The summed E-state index contributed by atoms with van der Waals surface area (Å²) in [5.74, 6) is -3.52. The molecule has 0 radical (unpaired) electrons. The van der Waals surface area contributed by atoms with Crippen LogP contribution in [0.1, 0.15) is 40.5 Å². The highest BCUT2D eigenvalue weighted by Crippen LogP contribution is 2.25. The number of carboxylic acid groups (broad SMARTS) is 1. The molecule has 150 valence electrons. The number of hydrogen-bond donors (Lipinski definition) is 2. The summed E-state index contributed by atoms with van der Waals surface area (Å²) in [7, 11) is -4.63. The molecule has 1 aliphatic rings. The Kier molecular flexibility index (Phi) is 7.54. The molecule has 1 aliphatic heterocycles. The minimum Gasteiger partial charge on any atom is -0.546 e. The number of nitrogens with one attached hydrogen (secondary N) is 2. The predicted molar refractivity (Wildman–Crippen MR) is 87.5 cm³/mol. The molecule has 0 saturated carbocycles. The van der Waals surface area contributed by atoms with Crippen molar-refractivity contribution in [3.8, 4) is 0 Å². The maximum absolute atomic E-state index is 12.4. The zero-order valence-corrected chi connectivity index (χ0v) is 16.1. The third-order valence-electron chi connectivity index (χ3n) is 3.70. The summed E-state index contributed by atoms with van der Waals surface area (Å²) in [5, 5.41) is 16.2. The molecule has 2 amide bonds. The van der Waals surface area contributed by atoms with Crippen molar-refractivity contribution in [3.63, 3.8) is 0 Å². The van der Waals surface area contributed by atoms with Crippen molar-refractivity contribution < 1.29 is 36.3 Å². The standard InChI is InChI=1S/C15H26N2O8S/c1-9(2)5-6-16-12(18)11(7-10(3)4)17-13(19)15(14(20)21)8-24-26(22,23)25-15/h9-11H,5-8H2,1-4H3,(H,16,18)(H,17,19)(H,20,21)/p-1/t11-,15+/m0/s1. The van der Waals surface area contributed by atoms with Gasteiger partial charge in [0.05, 0.1) is 5.97 Å². The monoisotopic (exact) mass is 393 g/mol. The summed E-state index contributed by atoms with van der Waals surface area (Å²) >= 11 is 0. The van der Waals surface area contributed by atoms with Crippen molar-refractivity contribution in [3.05, 3.63) is 0 Å². The Labute approximate surface area is 152 Å². The van der Waals surface area contributed by atoms with E-state index in [9.17, 15) is 27.9 Å². The molecule has 26 heavy (non-hydrogen) atoms. The summed E-state index contributed by atoms with van der Waals surface area (Å²) in [6, 6.07) is -1.06. The summed E-state index contributed by atoms with van der Waals surface area (Å²) in [5.41, 5.74) is -2.85. The third kappa shape index (κ3) is 5.92. The van der Waals surface area contributed by atoms with Crippen molar-refractivity contribution in [1.82, 2.24) is 10.6 Å². The van der Waals surface area contributed by atoms with E-state index in [0.29, 0.717) is 12.5 Å². The molecule has 1 rings (SSSR count). The Morgan fingerprint density at radius 1 is 1.15 bits per heavy atom. The topological polar surface area (TPSA) is 151 Å². The van der Waals surface area contributed by atoms with Gasteiger partial charge in [-0.2, -0.15) is 8.42 Å². The van der Waals surface area contributed by atoms with Crippen molar-refractivity contribution in [2.75, 3.05) is 13.2 Å². The Hall–Kier alpha value is -1.72. The molecule has 2 N–H and O–H groups in total. The van der Waals surface area contributed by atoms with Crippen molar-refractivity contribution in [1.29, 1.82) is 0 Å². The van der Waals surface area contributed by atoms with Crippen molar-refractivity contribution >= 4 is 28.2 Å². The highest BCUT2D eigenvalue weighted by Gasteiger charge is 2.53. The first-order valence-electron chi connectivity index (χ1n) is 8.29. The van der Waals surface area contributed by atoms with E-state index in [1.54, 1.807) is 0 Å². The van der Waals surface area contributed by atoms with Crippen LogP contribution in [-0.2, 0) is 33.1 Å². The molecule has 0 aliphatic carbocycles. The van der Waals surface area contributed by atoms with E-state index in [2.05, 4.69) is 19.0 Å². The van der Waals surface area contributed by atoms with Gasteiger partial charge in [-0.15, -0.1) is 0 Å². The zero-order valence-electron chi connectivity index (χ0n) is 15.2. The number of carboxylic acids is 1. The highest BCUT2D eigenvalue weighted by atomic mass is 32.3. The Bertz CT molecular complexity index is 646. The smallest absolute Gasteiger partial charge is 0.401 e. The van der Waals surface area contributed by atoms with Crippen molar-refractivity contribution in [2.45, 2.75) is 52.2 Å². The number of rotatable bonds is 9. The van der Waals surface area contributed by atoms with Crippen LogP contribution in [-0.4, -0.2) is 51.0 Å². The summed E-state index contributed by atoms with van der Waals surface area (Å²) in [4.78, 5) is 36.1. The number of hydrogen-bond acceptors (Lipinski definition) is 8. The Balaban J connectivity index is 2.90. The largest absolute Gasteiger partial charge is 0.546 e. The van der Waals surface area contributed by atoms with Crippen LogP contribution in [0.5, 0.6) is 0 Å². The molecular formula is C15H25N2O8S-. The molecule has 11 heteroatoms. The molecule has 0 unspecified atom stereocenters. The van der Waals surface area contributed by atoms with Crippen LogP contribution in [0.15, 0.2) is 0 Å². The van der Waals surface area contributed by atoms with Gasteiger partial charge in [0.15, 0.2) is 0 Å². The Morgan fingerprint density at radius 2 is 1.77 bits per heavy atom. The van der Waals surface area contributed by atoms with Gasteiger partial charge in [0.2, 0.25) is 11.5 Å². The predicted octanol–water partition coefficient (Wildman–Crippen LogP) is -1.54. The molecule has 2 atom stereocenters. The second-order valence-electron chi connectivity index (χ2n) is 7.00. The maximum Gasteiger partial charge on any atom is 0.401 e. The van der Waals surface area contributed by atoms with Gasteiger partial charge >= 0.3 is 10.4 Å². The highest BCUT2D eigenvalue weighted by molar-refractivity contribution is 7.82. The van der Waals surface area contributed by atoms with E-state index in [1.165, 1.54) is 0 Å². The van der Waals surface area contributed by atoms with Gasteiger partial charge in [-0.3, -0.25) is 9.59 Å². The maximum atomic E-state index is 12.4. The summed E-state index contributed by atoms with van der Waals surface area (Å²) in [6.45, 7) is 6.93. The molecular weight excluding hydrogens is 368 g/mol. The molecule has 0 spiro atoms. The van der Waals surface area contributed by atoms with E-state index in [0.717, 1.165) is 6.42 Å². The summed E-state index contributed by atoms with van der Waals surface area (Å²) < 4.78 is 31.0. The lowest BCUT2D eigenvalue weighted by molar-refractivity contribution is -0.319. The fourth-order valence-electron chi connectivity index (χ4n) is 2.25. The van der Waals surface area contributed by atoms with Crippen LogP contribution < -0.4 is 15.7 Å². The number of amides is 2. The van der Waals surface area contributed by atoms with Gasteiger partial charge < -0.3 is 20.5 Å². The molecule has 10 nitrogen and oxygen atoms in total. The normalized spacial score (nSPS) is 23.0. The van der Waals surface area contributed by atoms with Crippen LogP contribution in [0, 0.1) is 11.8 Å². The number of aliphatic carboxylic acids is 1. The SMILES string of the molecule is CC(C)CCNC(=O)[C@H](CC(C)C)NC(=O)[C@@]1(C(=O)[O-])COS(=O)(=O)O1. The minimum absolute atomic E-state index is 0.000434. The Morgan fingerprint density at radius 3 is 2.19 bits per heavy atom. The van der Waals surface area contributed by atoms with Gasteiger partial charge in [0.1, 0.15) is 12.6 Å². The van der Waals surface area contributed by atoms with E-state index in [-0.39, 0.29) is 12.3 Å². The lowest BCUT2D eigenvalue weighted by Crippen LogP contribution is -2.63. The van der Waals surface area contributed by atoms with Gasteiger partial charge in [0, 0.05) is 6.54 Å². The van der Waals surface area contributed by atoms with Crippen LogP contribution in [0.3, 0.4) is 0 Å². The molecule has 0 bridgehead atoms. The van der Waals surface area contributed by atoms with Gasteiger partial charge in [-0.1, -0.05) is 27.7 Å². The van der Waals surface area contributed by atoms with Crippen molar-refractivity contribution in [2.24, 2.45) is 11.8 Å². The fraction of sp³-hybridized carbons (Fsp3) is 0.800. The van der Waals surface area contributed by atoms with E-state index < -0.39 is 46.4 Å². The average Bonchev–Trinajstić information content (AvgIpc) is 2.83. The first-order chi connectivity index (χ1) is 11.9. The molecule has 0 aromatic carbocycles. The zero-order chi connectivity index (χ0) is 20.1. The lowest BCUT2D eigenvalue weighted by atomic mass is 10.00. The quantitative estimate of drug-likeness (QED) is 0.447. The average molecular weight is 393 g/mol. The van der Waals surface area contributed by atoms with Gasteiger partial charge in [-0.05, 0) is 24.7 Å². The molecule has 1 heterocycles. The number of carbonyl (C=O) groups is 3. The fourth-order valence-corrected chi connectivity index (χ4v) is 3.15. The number of carbonyl (C=O) groups excluding carboxylic acids is 3. The third-order valence-corrected chi connectivity index (χ3v) is 4.59. The first kappa shape index (κ1) is 22.3. The van der Waals surface area contributed by atoms with Crippen LogP contribution in [0.25, 0.3) is 0 Å². The minimum atomic E-state index is -4.63. The van der Waals surface area contributed by atoms with E-state index >= 15 is 0 Å². The van der Waals surface area contributed by atoms with Crippen LogP contribution >= 0.6 is 0 Å². The molecule has 1 saturated heterocycles. The van der Waals surface area contributed by atoms with Gasteiger partial charge in [0.25, 0.3) is 5.91 Å².